The highest BCUT2D eigenvalue weighted by Gasteiger charge is 2.19. The molecule has 1 saturated heterocycles. The fourth-order valence-electron chi connectivity index (χ4n) is 3.24. The predicted molar refractivity (Wildman–Crippen MR) is 127 cm³/mol. The summed E-state index contributed by atoms with van der Waals surface area (Å²) in [4.78, 5) is 7.25. The van der Waals surface area contributed by atoms with Gasteiger partial charge < -0.3 is 25.0 Å². The minimum atomic E-state index is 0. The Morgan fingerprint density at radius 1 is 1.25 bits per heavy atom. The number of likely N-dealkylation sites (tertiary alicyclic amines) is 1. The van der Waals surface area contributed by atoms with Gasteiger partial charge in [0.05, 0.1) is 6.54 Å². The molecule has 2 N–H and O–H groups in total. The van der Waals surface area contributed by atoms with E-state index >= 15 is 0 Å². The largest absolute Gasteiger partial charge is 0.489 e. The van der Waals surface area contributed by atoms with Gasteiger partial charge in [0, 0.05) is 45.9 Å². The number of guanidine groups is 1. The molecule has 1 aromatic carbocycles. The topological polar surface area (TPSA) is 58.1 Å². The number of para-hydroxylation sites is 1. The maximum Gasteiger partial charge on any atom is 0.191 e. The molecular formula is C21H37IN4O2. The maximum absolute atomic E-state index is 5.91. The van der Waals surface area contributed by atoms with E-state index in [1.807, 2.05) is 30.3 Å². The average Bonchev–Trinajstić information content (AvgIpc) is 2.69. The third-order valence-corrected chi connectivity index (χ3v) is 4.68. The van der Waals surface area contributed by atoms with E-state index in [1.54, 1.807) is 7.11 Å². The van der Waals surface area contributed by atoms with E-state index in [4.69, 9.17) is 14.5 Å². The SMILES string of the molecule is CCNC(=NCC(C)Oc1ccccc1)NC1CCN(CCCOC)CC1.I. The van der Waals surface area contributed by atoms with E-state index < -0.39 is 0 Å². The number of methoxy groups -OCH3 is 1. The molecule has 1 aliphatic heterocycles. The van der Waals surface area contributed by atoms with Crippen molar-refractivity contribution in [2.24, 2.45) is 4.99 Å². The molecule has 2 rings (SSSR count). The van der Waals surface area contributed by atoms with Crippen LogP contribution in [0.5, 0.6) is 5.75 Å². The van der Waals surface area contributed by atoms with Gasteiger partial charge in [0.15, 0.2) is 5.96 Å². The quantitative estimate of drug-likeness (QED) is 0.222. The van der Waals surface area contributed by atoms with E-state index in [0.29, 0.717) is 12.6 Å². The third kappa shape index (κ3) is 9.93. The number of piperidine rings is 1. The maximum atomic E-state index is 5.91. The first-order chi connectivity index (χ1) is 13.2. The van der Waals surface area contributed by atoms with Crippen molar-refractivity contribution in [1.29, 1.82) is 0 Å². The summed E-state index contributed by atoms with van der Waals surface area (Å²) in [6.07, 6.45) is 3.43. The number of rotatable bonds is 10. The number of benzene rings is 1. The monoisotopic (exact) mass is 504 g/mol. The van der Waals surface area contributed by atoms with Crippen molar-refractivity contribution in [2.75, 3.05) is 46.4 Å². The van der Waals surface area contributed by atoms with Crippen molar-refractivity contribution in [3.8, 4) is 5.75 Å². The van der Waals surface area contributed by atoms with Crippen molar-refractivity contribution >= 4 is 29.9 Å². The number of nitrogens with one attached hydrogen (secondary N) is 2. The van der Waals surface area contributed by atoms with Gasteiger partial charge in [0.2, 0.25) is 0 Å². The van der Waals surface area contributed by atoms with Gasteiger partial charge >= 0.3 is 0 Å². The fourth-order valence-corrected chi connectivity index (χ4v) is 3.24. The van der Waals surface area contributed by atoms with Gasteiger partial charge in [-0.15, -0.1) is 24.0 Å². The molecular weight excluding hydrogens is 467 g/mol. The first kappa shape index (κ1) is 25.0. The highest BCUT2D eigenvalue weighted by atomic mass is 127. The Kier molecular flexibility index (Phi) is 13.3. The minimum Gasteiger partial charge on any atom is -0.489 e. The first-order valence-electron chi connectivity index (χ1n) is 10.2. The van der Waals surface area contributed by atoms with Crippen LogP contribution in [-0.2, 0) is 4.74 Å². The highest BCUT2D eigenvalue weighted by molar-refractivity contribution is 14.0. The standard InChI is InChI=1S/C21H36N4O2.HI/c1-4-22-21(23-17-18(2)27-20-9-6-5-7-10-20)24-19-11-14-25(15-12-19)13-8-16-26-3;/h5-7,9-10,18-19H,4,8,11-17H2,1-3H3,(H2,22,23,24);1H. The number of aliphatic imine (C=N–C) groups is 1. The Morgan fingerprint density at radius 2 is 1.96 bits per heavy atom. The summed E-state index contributed by atoms with van der Waals surface area (Å²) in [6.45, 7) is 9.87. The molecule has 1 aromatic rings. The van der Waals surface area contributed by atoms with Crippen LogP contribution in [0.4, 0.5) is 0 Å². The molecule has 1 atom stereocenters. The first-order valence-corrected chi connectivity index (χ1v) is 10.2. The number of hydrogen-bond acceptors (Lipinski definition) is 4. The Hall–Kier alpha value is -1.06. The van der Waals surface area contributed by atoms with Crippen molar-refractivity contribution < 1.29 is 9.47 Å². The van der Waals surface area contributed by atoms with Crippen molar-refractivity contribution in [2.45, 2.75) is 45.3 Å². The molecule has 0 saturated carbocycles. The van der Waals surface area contributed by atoms with Crippen LogP contribution in [0.1, 0.15) is 33.1 Å². The van der Waals surface area contributed by atoms with Crippen molar-refractivity contribution in [1.82, 2.24) is 15.5 Å². The Balaban J connectivity index is 0.00000392. The van der Waals surface area contributed by atoms with E-state index in [9.17, 15) is 0 Å². The third-order valence-electron chi connectivity index (χ3n) is 4.68. The van der Waals surface area contributed by atoms with E-state index in [0.717, 1.165) is 63.8 Å². The van der Waals surface area contributed by atoms with Crippen molar-refractivity contribution in [3.63, 3.8) is 0 Å². The molecule has 6 nitrogen and oxygen atoms in total. The number of ether oxygens (including phenoxy) is 2. The Bertz CT molecular complexity index is 536. The minimum absolute atomic E-state index is 0. The zero-order valence-corrected chi connectivity index (χ0v) is 19.9. The molecule has 0 amide bonds. The molecule has 7 heteroatoms. The summed E-state index contributed by atoms with van der Waals surface area (Å²) in [5, 5.41) is 6.95. The zero-order valence-electron chi connectivity index (χ0n) is 17.5. The second-order valence-electron chi connectivity index (χ2n) is 7.07. The molecule has 160 valence electrons. The summed E-state index contributed by atoms with van der Waals surface area (Å²) in [6, 6.07) is 10.4. The molecule has 1 unspecified atom stereocenters. The normalized spacial score (nSPS) is 16.9. The van der Waals surface area contributed by atoms with Crippen LogP contribution < -0.4 is 15.4 Å². The molecule has 1 aliphatic rings. The van der Waals surface area contributed by atoms with Crippen LogP contribution in [0.2, 0.25) is 0 Å². The van der Waals surface area contributed by atoms with Crippen LogP contribution in [-0.4, -0.2) is 69.4 Å². The number of halogens is 1. The lowest BCUT2D eigenvalue weighted by atomic mass is 10.1. The summed E-state index contributed by atoms with van der Waals surface area (Å²) in [7, 11) is 1.77. The molecule has 0 aliphatic carbocycles. The van der Waals surface area contributed by atoms with E-state index in [1.165, 1.54) is 0 Å². The van der Waals surface area contributed by atoms with Crippen LogP contribution in [0.15, 0.2) is 35.3 Å². The van der Waals surface area contributed by atoms with Crippen molar-refractivity contribution in [3.05, 3.63) is 30.3 Å². The molecule has 0 radical (unpaired) electrons. The van der Waals surface area contributed by atoms with Gasteiger partial charge in [-0.25, -0.2) is 4.99 Å². The molecule has 28 heavy (non-hydrogen) atoms. The van der Waals surface area contributed by atoms with Gasteiger partial charge in [-0.1, -0.05) is 18.2 Å². The fraction of sp³-hybridized carbons (Fsp3) is 0.667. The van der Waals surface area contributed by atoms with Crippen LogP contribution in [0.25, 0.3) is 0 Å². The second kappa shape index (κ2) is 14.9. The summed E-state index contributed by atoms with van der Waals surface area (Å²) in [5.74, 6) is 1.78. The van der Waals surface area contributed by atoms with Crippen LogP contribution >= 0.6 is 24.0 Å². The van der Waals surface area contributed by atoms with Gasteiger partial charge in [-0.3, -0.25) is 0 Å². The van der Waals surface area contributed by atoms with Crippen LogP contribution in [0.3, 0.4) is 0 Å². The predicted octanol–water partition coefficient (Wildman–Crippen LogP) is 3.13. The number of nitrogens with zero attached hydrogens (tertiary/aromatic N) is 2. The molecule has 0 bridgehead atoms. The Labute approximate surface area is 187 Å². The summed E-state index contributed by atoms with van der Waals surface area (Å²) in [5.41, 5.74) is 0. The zero-order chi connectivity index (χ0) is 19.3. The van der Waals surface area contributed by atoms with Gasteiger partial charge in [-0.05, 0) is 45.2 Å². The average molecular weight is 504 g/mol. The summed E-state index contributed by atoms with van der Waals surface area (Å²) >= 11 is 0. The lowest BCUT2D eigenvalue weighted by Gasteiger charge is -2.33. The van der Waals surface area contributed by atoms with E-state index in [-0.39, 0.29) is 30.1 Å². The van der Waals surface area contributed by atoms with E-state index in [2.05, 4.69) is 29.4 Å². The molecule has 0 spiro atoms. The second-order valence-corrected chi connectivity index (χ2v) is 7.07. The summed E-state index contributed by atoms with van der Waals surface area (Å²) < 4.78 is 11.1. The molecule has 1 fully saturated rings. The lowest BCUT2D eigenvalue weighted by molar-refractivity contribution is 0.155. The van der Waals surface area contributed by atoms with Crippen LogP contribution in [0, 0.1) is 0 Å². The Morgan fingerprint density at radius 3 is 2.61 bits per heavy atom. The molecule has 1 heterocycles. The van der Waals surface area contributed by atoms with Gasteiger partial charge in [0.1, 0.15) is 11.9 Å². The number of hydrogen-bond donors (Lipinski definition) is 2. The van der Waals surface area contributed by atoms with Gasteiger partial charge in [-0.2, -0.15) is 0 Å². The molecule has 0 aromatic heterocycles. The highest BCUT2D eigenvalue weighted by Crippen LogP contribution is 2.12. The lowest BCUT2D eigenvalue weighted by Crippen LogP contribution is -2.49. The smallest absolute Gasteiger partial charge is 0.191 e. The van der Waals surface area contributed by atoms with Gasteiger partial charge in [0.25, 0.3) is 0 Å².